The first-order valence-corrected chi connectivity index (χ1v) is 13.1. The van der Waals surface area contributed by atoms with Gasteiger partial charge in [-0.2, -0.15) is 0 Å². The third-order valence-corrected chi connectivity index (χ3v) is 7.10. The van der Waals surface area contributed by atoms with Gasteiger partial charge in [0.15, 0.2) is 0 Å². The Hall–Kier alpha value is -5.33. The minimum atomic E-state index is -0.989. The van der Waals surface area contributed by atoms with Crippen LogP contribution in [0.5, 0.6) is 0 Å². The normalized spacial score (nSPS) is 11.7. The largest absolute Gasteiger partial charge is 2.00 e. The molecule has 9 heteroatoms. The van der Waals surface area contributed by atoms with Gasteiger partial charge in [0.25, 0.3) is 0 Å². The third kappa shape index (κ3) is 5.36. The van der Waals surface area contributed by atoms with E-state index in [-0.39, 0.29) is 32.2 Å². The maximum Gasteiger partial charge on any atom is 2.00 e. The van der Waals surface area contributed by atoms with Crippen molar-refractivity contribution in [1.82, 2.24) is 19.9 Å². The minimum Gasteiger partial charge on any atom is -0.657 e. The van der Waals surface area contributed by atoms with E-state index < -0.39 is 11.9 Å². The van der Waals surface area contributed by atoms with Gasteiger partial charge in [-0.1, -0.05) is 60.7 Å². The Morgan fingerprint density at radius 1 is 0.535 bits per heavy atom. The molecule has 7 rings (SSSR count). The fourth-order valence-corrected chi connectivity index (χ4v) is 5.11. The van der Waals surface area contributed by atoms with Gasteiger partial charge in [-0.05, 0) is 70.8 Å². The van der Waals surface area contributed by atoms with Crippen LogP contribution in [0.1, 0.15) is 43.5 Å². The van der Waals surface area contributed by atoms with Crippen LogP contribution >= 0.6 is 0 Å². The molecule has 8 nitrogen and oxygen atoms in total. The predicted molar refractivity (Wildman–Crippen MR) is 162 cm³/mol. The van der Waals surface area contributed by atoms with Crippen LogP contribution < -0.4 is 9.97 Å². The fourth-order valence-electron chi connectivity index (χ4n) is 5.11. The van der Waals surface area contributed by atoms with Crippen molar-refractivity contribution in [2.24, 2.45) is 0 Å². The molecule has 2 aliphatic rings. The summed E-state index contributed by atoms with van der Waals surface area (Å²) in [4.78, 5) is 42.3. The van der Waals surface area contributed by atoms with Crippen molar-refractivity contribution in [1.29, 1.82) is 0 Å². The second-order valence-electron chi connectivity index (χ2n) is 9.82. The molecule has 8 bridgehead atoms. The van der Waals surface area contributed by atoms with Gasteiger partial charge in [0.2, 0.25) is 0 Å². The summed E-state index contributed by atoms with van der Waals surface area (Å²) in [7, 11) is 0. The molecule has 210 valence electrons. The Kier molecular flexibility index (Phi) is 7.22. The molecule has 0 saturated heterocycles. The van der Waals surface area contributed by atoms with Crippen molar-refractivity contribution < 1.29 is 40.9 Å². The van der Waals surface area contributed by atoms with E-state index in [2.05, 4.69) is 0 Å². The number of fused-ring (bicyclic) bond motifs is 8. The summed E-state index contributed by atoms with van der Waals surface area (Å²) in [5, 5.41) is 18.7. The summed E-state index contributed by atoms with van der Waals surface area (Å²) in [6.45, 7) is 0. The first kappa shape index (κ1) is 27.8. The second-order valence-corrected chi connectivity index (χ2v) is 9.82. The topological polar surface area (TPSA) is 129 Å². The number of nitrogens with zero attached hydrogens (tertiary/aromatic N) is 4. The molecular weight excluding hydrogens is 723 g/mol. The summed E-state index contributed by atoms with van der Waals surface area (Å²) in [5.41, 5.74) is 9.20. The van der Waals surface area contributed by atoms with Gasteiger partial charge in [-0.3, -0.25) is 0 Å². The van der Waals surface area contributed by atoms with Crippen LogP contribution in [0.3, 0.4) is 0 Å². The van der Waals surface area contributed by atoms with Gasteiger partial charge in [-0.25, -0.2) is 19.6 Å². The van der Waals surface area contributed by atoms with Crippen molar-refractivity contribution in [2.75, 3.05) is 0 Å². The van der Waals surface area contributed by atoms with Gasteiger partial charge in [0.05, 0.1) is 33.9 Å². The Morgan fingerprint density at radius 2 is 0.930 bits per heavy atom. The fraction of sp³-hybridized carbons (Fsp3) is 0. The van der Waals surface area contributed by atoms with Crippen LogP contribution in [0.4, 0.5) is 0 Å². The zero-order valence-corrected chi connectivity index (χ0v) is 24.5. The number of hydrogen-bond acceptors (Lipinski definition) is 4. The number of carboxylic acid groups (broad SMARTS) is 2. The maximum atomic E-state index is 11.4. The monoisotopic (exact) mass is 743 g/mol. The van der Waals surface area contributed by atoms with Crippen LogP contribution in [0.2, 0.25) is 0 Å². The smallest absolute Gasteiger partial charge is 0.657 e. The number of benzene rings is 2. The molecule has 0 atom stereocenters. The molecule has 0 saturated carbocycles. The Balaban J connectivity index is 0.00000329. The molecule has 5 heterocycles. The molecule has 3 aromatic heterocycles. The molecule has 0 fully saturated rings. The quantitative estimate of drug-likeness (QED) is 0.206. The van der Waals surface area contributed by atoms with Crippen molar-refractivity contribution >= 4 is 58.3 Å². The molecular formula is C34H20N4O4Pt. The van der Waals surface area contributed by atoms with E-state index in [1.54, 1.807) is 48.5 Å². The zero-order chi connectivity index (χ0) is 28.8. The first-order chi connectivity index (χ1) is 20.4. The van der Waals surface area contributed by atoms with Crippen molar-refractivity contribution in [3.05, 3.63) is 119 Å². The number of hydrogen-bond donors (Lipinski definition) is 2. The Morgan fingerprint density at radius 3 is 1.30 bits per heavy atom. The van der Waals surface area contributed by atoms with Gasteiger partial charge >= 0.3 is 33.0 Å². The molecule has 0 radical (unpaired) electrons. The van der Waals surface area contributed by atoms with E-state index in [0.717, 1.165) is 22.3 Å². The average Bonchev–Trinajstić information content (AvgIpc) is 3.80. The van der Waals surface area contributed by atoms with Gasteiger partial charge in [0, 0.05) is 0 Å². The van der Waals surface area contributed by atoms with E-state index in [1.165, 1.54) is 0 Å². The average molecular weight is 744 g/mol. The zero-order valence-electron chi connectivity index (χ0n) is 22.2. The minimum absolute atomic E-state index is 0. The summed E-state index contributed by atoms with van der Waals surface area (Å²) in [6.07, 6.45) is 7.64. The van der Waals surface area contributed by atoms with Crippen LogP contribution in [-0.4, -0.2) is 32.1 Å². The van der Waals surface area contributed by atoms with Crippen LogP contribution in [0.25, 0.3) is 68.6 Å². The number of aromatic carboxylic acids is 2. The van der Waals surface area contributed by atoms with E-state index in [9.17, 15) is 19.8 Å². The van der Waals surface area contributed by atoms with Crippen molar-refractivity contribution in [3.8, 4) is 22.3 Å². The van der Waals surface area contributed by atoms with Crippen molar-refractivity contribution in [3.63, 3.8) is 0 Å². The molecule has 43 heavy (non-hydrogen) atoms. The number of carboxylic acids is 2. The van der Waals surface area contributed by atoms with Gasteiger partial charge < -0.3 is 20.2 Å². The second kappa shape index (κ2) is 11.2. The molecule has 2 aromatic carbocycles. The third-order valence-electron chi connectivity index (χ3n) is 7.10. The van der Waals surface area contributed by atoms with Gasteiger partial charge in [0.1, 0.15) is 0 Å². The molecule has 0 spiro atoms. The number of carbonyl (C=O) groups is 2. The number of rotatable bonds is 4. The van der Waals surface area contributed by atoms with Crippen LogP contribution in [0, 0.1) is 0 Å². The maximum absolute atomic E-state index is 11.4. The predicted octanol–water partition coefficient (Wildman–Crippen LogP) is 6.64. The van der Waals surface area contributed by atoms with Crippen LogP contribution in [-0.2, 0) is 21.1 Å². The first-order valence-electron chi connectivity index (χ1n) is 13.1. The summed E-state index contributed by atoms with van der Waals surface area (Å²) in [6, 6.07) is 24.8. The van der Waals surface area contributed by atoms with Gasteiger partial charge in [-0.15, -0.1) is 22.1 Å². The number of aromatic nitrogens is 4. The summed E-state index contributed by atoms with van der Waals surface area (Å²) in [5.74, 6) is -1.98. The Labute approximate surface area is 259 Å². The standard InChI is InChI=1S/C34H22N4O4.Pt/c39-33(40)21-5-1-19(2-6-21)31-27-13-9-23(35-27)17-25-11-15-29(37-25)32(20-3-7-22(8-4-20)34(41)42)30-16-12-26(38-30)18-24-10-14-28(31)36-24;/h1-18H,(H4,35,36,37,38,39,40,41,42);/q;+2/p-2. The van der Waals surface area contributed by atoms with E-state index in [1.807, 2.05) is 60.7 Å². The van der Waals surface area contributed by atoms with E-state index in [0.29, 0.717) is 44.8 Å². The molecule has 0 amide bonds. The molecule has 0 unspecified atom stereocenters. The SMILES string of the molecule is O=C(O)c1ccc(-c2c3nc(cc4ccc([n-]4)c(-c4ccc(C(=O)O)cc4)c4nc(cc5ccc2[n-]5)C=C4)C=C3)cc1.[Pt+2]. The molecule has 2 N–H and O–H groups in total. The molecule has 5 aromatic rings. The van der Waals surface area contributed by atoms with E-state index >= 15 is 0 Å². The Bertz CT molecular complexity index is 1990. The van der Waals surface area contributed by atoms with Crippen LogP contribution in [0.15, 0.2) is 84.9 Å². The summed E-state index contributed by atoms with van der Waals surface area (Å²) < 4.78 is 0. The van der Waals surface area contributed by atoms with E-state index in [4.69, 9.17) is 19.9 Å². The molecule has 0 aliphatic carbocycles. The van der Waals surface area contributed by atoms with Crippen molar-refractivity contribution in [2.45, 2.75) is 0 Å². The molecule has 2 aliphatic heterocycles. The summed E-state index contributed by atoms with van der Waals surface area (Å²) >= 11 is 0.